The zero-order valence-corrected chi connectivity index (χ0v) is 15.5. The summed E-state index contributed by atoms with van der Waals surface area (Å²) in [5.74, 6) is -0.279. The van der Waals surface area contributed by atoms with Gasteiger partial charge in [0.05, 0.1) is 11.0 Å². The Morgan fingerprint density at radius 2 is 1.66 bits per heavy atom. The van der Waals surface area contributed by atoms with E-state index in [4.69, 9.17) is 0 Å². The first-order chi connectivity index (χ1) is 14.2. The molecule has 0 bridgehead atoms. The molecule has 4 aromatic rings. The van der Waals surface area contributed by atoms with Crippen LogP contribution in [0.3, 0.4) is 0 Å². The molecular formula is C23H18N4O2. The van der Waals surface area contributed by atoms with Gasteiger partial charge in [-0.1, -0.05) is 36.4 Å². The zero-order valence-electron chi connectivity index (χ0n) is 15.5. The number of benzene rings is 2. The van der Waals surface area contributed by atoms with E-state index >= 15 is 0 Å². The van der Waals surface area contributed by atoms with E-state index in [2.05, 4.69) is 15.3 Å². The second kappa shape index (κ2) is 8.31. The number of rotatable bonds is 5. The fourth-order valence-corrected chi connectivity index (χ4v) is 2.99. The molecule has 4 rings (SSSR count). The normalized spacial score (nSPS) is 11.0. The lowest BCUT2D eigenvalue weighted by molar-refractivity contribution is -0.116. The fourth-order valence-electron chi connectivity index (χ4n) is 2.99. The number of nitrogens with zero attached hydrogens (tertiary/aromatic N) is 3. The molecule has 0 saturated heterocycles. The summed E-state index contributed by atoms with van der Waals surface area (Å²) in [5.41, 5.74) is 2.80. The van der Waals surface area contributed by atoms with Crippen LogP contribution in [0.15, 0.2) is 83.9 Å². The molecule has 0 unspecified atom stereocenters. The molecule has 0 aliphatic rings. The molecule has 6 heteroatoms. The Hall–Kier alpha value is -4.06. The van der Waals surface area contributed by atoms with Gasteiger partial charge in [-0.3, -0.25) is 19.1 Å². The monoisotopic (exact) mass is 382 g/mol. The predicted molar refractivity (Wildman–Crippen MR) is 114 cm³/mol. The van der Waals surface area contributed by atoms with Crippen LogP contribution in [0.1, 0.15) is 11.3 Å². The number of fused-ring (bicyclic) bond motifs is 1. The molecule has 2 aromatic carbocycles. The van der Waals surface area contributed by atoms with Crippen LogP contribution >= 0.6 is 0 Å². The highest BCUT2D eigenvalue weighted by atomic mass is 16.2. The third-order valence-corrected chi connectivity index (χ3v) is 4.38. The van der Waals surface area contributed by atoms with Gasteiger partial charge in [-0.05, 0) is 48.0 Å². The number of hydrogen-bond acceptors (Lipinski definition) is 4. The van der Waals surface area contributed by atoms with Crippen LogP contribution in [0.2, 0.25) is 0 Å². The van der Waals surface area contributed by atoms with Crippen molar-refractivity contribution >= 4 is 34.8 Å². The molecule has 142 valence electrons. The SMILES string of the molecule is O=C(Cn1c(=O)c(/C=C\c2ccncc2)nc2ccccc21)Nc1ccccc1. The molecule has 0 spiro atoms. The van der Waals surface area contributed by atoms with Crippen LogP contribution in [0, 0.1) is 0 Å². The fraction of sp³-hybridized carbons (Fsp3) is 0.0435. The minimum atomic E-state index is -0.322. The summed E-state index contributed by atoms with van der Waals surface area (Å²) in [6.45, 7) is -0.104. The quantitative estimate of drug-likeness (QED) is 0.572. The van der Waals surface area contributed by atoms with Gasteiger partial charge in [0, 0.05) is 18.1 Å². The van der Waals surface area contributed by atoms with Gasteiger partial charge >= 0.3 is 0 Å². The van der Waals surface area contributed by atoms with Crippen LogP contribution in [0.25, 0.3) is 23.2 Å². The van der Waals surface area contributed by atoms with Crippen molar-refractivity contribution in [2.75, 3.05) is 5.32 Å². The van der Waals surface area contributed by atoms with E-state index in [0.29, 0.717) is 16.7 Å². The van der Waals surface area contributed by atoms with Crippen molar-refractivity contribution < 1.29 is 4.79 Å². The highest BCUT2D eigenvalue weighted by molar-refractivity contribution is 5.91. The number of carbonyl (C=O) groups is 1. The summed E-state index contributed by atoms with van der Waals surface area (Å²) >= 11 is 0. The van der Waals surface area contributed by atoms with Crippen molar-refractivity contribution in [1.29, 1.82) is 0 Å². The second-order valence-corrected chi connectivity index (χ2v) is 6.41. The van der Waals surface area contributed by atoms with Crippen molar-refractivity contribution in [2.24, 2.45) is 0 Å². The minimum absolute atomic E-state index is 0.104. The maximum atomic E-state index is 13.0. The number of aromatic nitrogens is 3. The average molecular weight is 382 g/mol. The van der Waals surface area contributed by atoms with Crippen LogP contribution < -0.4 is 10.9 Å². The molecule has 0 fully saturated rings. The van der Waals surface area contributed by atoms with Crippen molar-refractivity contribution in [2.45, 2.75) is 6.54 Å². The van der Waals surface area contributed by atoms with Gasteiger partial charge in [0.2, 0.25) is 5.91 Å². The van der Waals surface area contributed by atoms with Crippen molar-refractivity contribution in [3.05, 3.63) is 101 Å². The Morgan fingerprint density at radius 3 is 2.45 bits per heavy atom. The summed E-state index contributed by atoms with van der Waals surface area (Å²) in [6, 6.07) is 20.1. The zero-order chi connectivity index (χ0) is 20.1. The third kappa shape index (κ3) is 4.27. The summed E-state index contributed by atoms with van der Waals surface area (Å²) < 4.78 is 1.45. The Morgan fingerprint density at radius 1 is 0.931 bits per heavy atom. The molecule has 29 heavy (non-hydrogen) atoms. The summed E-state index contributed by atoms with van der Waals surface area (Å²) in [4.78, 5) is 34.1. The van der Waals surface area contributed by atoms with Gasteiger partial charge in [-0.2, -0.15) is 0 Å². The first-order valence-corrected chi connectivity index (χ1v) is 9.13. The topological polar surface area (TPSA) is 76.9 Å². The molecule has 1 amide bonds. The number of carbonyl (C=O) groups excluding carboxylic acids is 1. The highest BCUT2D eigenvalue weighted by Gasteiger charge is 2.12. The third-order valence-electron chi connectivity index (χ3n) is 4.38. The number of nitrogens with one attached hydrogen (secondary N) is 1. The largest absolute Gasteiger partial charge is 0.325 e. The Kier molecular flexibility index (Phi) is 5.25. The van der Waals surface area contributed by atoms with Crippen LogP contribution in [-0.4, -0.2) is 20.4 Å². The Bertz CT molecular complexity index is 1230. The molecule has 1 N–H and O–H groups in total. The lowest BCUT2D eigenvalue weighted by atomic mass is 10.2. The van der Waals surface area contributed by atoms with Gasteiger partial charge in [0.15, 0.2) is 0 Å². The molecular weight excluding hydrogens is 364 g/mol. The van der Waals surface area contributed by atoms with Crippen LogP contribution in [-0.2, 0) is 11.3 Å². The van der Waals surface area contributed by atoms with E-state index in [0.717, 1.165) is 5.56 Å². The molecule has 2 aromatic heterocycles. The van der Waals surface area contributed by atoms with Crippen LogP contribution in [0.4, 0.5) is 5.69 Å². The van der Waals surface area contributed by atoms with E-state index in [1.807, 2.05) is 48.5 Å². The van der Waals surface area contributed by atoms with Crippen molar-refractivity contribution in [1.82, 2.24) is 14.5 Å². The molecule has 0 atom stereocenters. The number of anilines is 1. The van der Waals surface area contributed by atoms with Gasteiger partial charge < -0.3 is 5.32 Å². The maximum absolute atomic E-state index is 13.0. The highest BCUT2D eigenvalue weighted by Crippen LogP contribution is 2.12. The Labute approximate surface area is 167 Å². The van der Waals surface area contributed by atoms with Gasteiger partial charge in [-0.15, -0.1) is 0 Å². The summed E-state index contributed by atoms with van der Waals surface area (Å²) in [6.07, 6.45) is 6.82. The molecule has 0 aliphatic carbocycles. The number of para-hydroxylation sites is 3. The molecule has 6 nitrogen and oxygen atoms in total. The maximum Gasteiger partial charge on any atom is 0.277 e. The summed E-state index contributed by atoms with van der Waals surface area (Å²) in [5, 5.41) is 2.82. The molecule has 2 heterocycles. The lowest BCUT2D eigenvalue weighted by Gasteiger charge is -2.11. The van der Waals surface area contributed by atoms with Gasteiger partial charge in [0.1, 0.15) is 12.2 Å². The van der Waals surface area contributed by atoms with E-state index in [9.17, 15) is 9.59 Å². The first kappa shape index (κ1) is 18.3. The predicted octanol–water partition coefficient (Wildman–Crippen LogP) is 3.60. The molecule has 0 aliphatic heterocycles. The first-order valence-electron chi connectivity index (χ1n) is 9.13. The van der Waals surface area contributed by atoms with Crippen molar-refractivity contribution in [3.8, 4) is 0 Å². The van der Waals surface area contributed by atoms with E-state index < -0.39 is 0 Å². The number of hydrogen-bond donors (Lipinski definition) is 1. The van der Waals surface area contributed by atoms with E-state index in [1.54, 1.807) is 42.7 Å². The Balaban J connectivity index is 1.70. The molecule has 0 radical (unpaired) electrons. The second-order valence-electron chi connectivity index (χ2n) is 6.41. The average Bonchev–Trinajstić information content (AvgIpc) is 2.76. The van der Waals surface area contributed by atoms with Gasteiger partial charge in [0.25, 0.3) is 5.56 Å². The lowest BCUT2D eigenvalue weighted by Crippen LogP contribution is -2.30. The van der Waals surface area contributed by atoms with Crippen molar-refractivity contribution in [3.63, 3.8) is 0 Å². The standard InChI is InChI=1S/C23H18N4O2/c28-22(25-18-6-2-1-3-7-18)16-27-21-9-5-4-8-19(21)26-20(23(27)29)11-10-17-12-14-24-15-13-17/h1-15H,16H2,(H,25,28)/b11-10-. The number of pyridine rings is 1. The minimum Gasteiger partial charge on any atom is -0.325 e. The smallest absolute Gasteiger partial charge is 0.277 e. The van der Waals surface area contributed by atoms with E-state index in [-0.39, 0.29) is 23.7 Å². The number of amides is 1. The summed E-state index contributed by atoms with van der Waals surface area (Å²) in [7, 11) is 0. The van der Waals surface area contributed by atoms with E-state index in [1.165, 1.54) is 4.57 Å². The molecule has 0 saturated carbocycles. The van der Waals surface area contributed by atoms with Crippen LogP contribution in [0.5, 0.6) is 0 Å². The van der Waals surface area contributed by atoms with Gasteiger partial charge in [-0.25, -0.2) is 4.98 Å².